The highest BCUT2D eigenvalue weighted by molar-refractivity contribution is 5.96. The Morgan fingerprint density at radius 2 is 1.79 bits per heavy atom. The summed E-state index contributed by atoms with van der Waals surface area (Å²) in [5.74, 6) is -2.62. The number of nitrogens with two attached hydrogens (primary N) is 1. The lowest BCUT2D eigenvalue weighted by molar-refractivity contribution is -0.192. The van der Waals surface area contributed by atoms with Crippen LogP contribution in [0.4, 0.5) is 17.6 Å². The molecule has 0 saturated carbocycles. The topological polar surface area (TPSA) is 124 Å². The fourth-order valence-electron chi connectivity index (χ4n) is 4.41. The molecule has 9 nitrogen and oxygen atoms in total. The number of alkyl halides is 3. The molecule has 0 radical (unpaired) electrons. The number of aromatic amines is 1. The van der Waals surface area contributed by atoms with Crippen molar-refractivity contribution in [1.82, 2.24) is 23.9 Å². The third-order valence-corrected chi connectivity index (χ3v) is 6.28. The van der Waals surface area contributed by atoms with E-state index in [1.54, 1.807) is 6.07 Å². The van der Waals surface area contributed by atoms with E-state index in [-0.39, 0.29) is 11.5 Å². The van der Waals surface area contributed by atoms with E-state index in [9.17, 15) is 22.4 Å². The summed E-state index contributed by atoms with van der Waals surface area (Å²) in [6.45, 7) is 3.33. The van der Waals surface area contributed by atoms with Gasteiger partial charge in [0.15, 0.2) is 5.82 Å². The highest BCUT2D eigenvalue weighted by atomic mass is 19.4. The molecule has 0 atom stereocenters. The largest absolute Gasteiger partial charge is 0.490 e. The minimum absolute atomic E-state index is 0.355. The fraction of sp³-hybridized carbons (Fsp3) is 0.269. The highest BCUT2D eigenvalue weighted by Gasteiger charge is 2.38. The monoisotopic (exact) mass is 546 g/mol. The molecular weight excluding hydrogens is 520 g/mol. The van der Waals surface area contributed by atoms with Crippen molar-refractivity contribution in [3.05, 3.63) is 70.7 Å². The van der Waals surface area contributed by atoms with Crippen LogP contribution >= 0.6 is 0 Å². The first kappa shape index (κ1) is 27.6. The molecule has 5 aromatic rings. The molecule has 0 aliphatic heterocycles. The Labute approximate surface area is 219 Å². The van der Waals surface area contributed by atoms with E-state index in [2.05, 4.69) is 35.3 Å². The number of aryl methyl sites for hydroxylation is 3. The van der Waals surface area contributed by atoms with Crippen LogP contribution in [0.5, 0.6) is 0 Å². The number of nitrogens with zero attached hydrogens (tertiary/aromatic N) is 4. The minimum atomic E-state index is -5.08. The second-order valence-corrected chi connectivity index (χ2v) is 8.86. The van der Waals surface area contributed by atoms with E-state index in [4.69, 9.17) is 15.6 Å². The second-order valence-electron chi connectivity index (χ2n) is 8.86. The predicted octanol–water partition coefficient (Wildman–Crippen LogP) is 4.36. The summed E-state index contributed by atoms with van der Waals surface area (Å²) in [7, 11) is 1.97. The van der Waals surface area contributed by atoms with Crippen molar-refractivity contribution in [3.8, 4) is 17.1 Å². The normalized spacial score (nSPS) is 11.7. The van der Waals surface area contributed by atoms with Crippen molar-refractivity contribution < 1.29 is 27.5 Å². The lowest BCUT2D eigenvalue weighted by Crippen LogP contribution is -2.21. The van der Waals surface area contributed by atoms with Crippen molar-refractivity contribution in [3.63, 3.8) is 0 Å². The van der Waals surface area contributed by atoms with Crippen molar-refractivity contribution in [2.24, 2.45) is 12.8 Å². The molecule has 0 unspecified atom stereocenters. The van der Waals surface area contributed by atoms with Crippen LogP contribution in [0.3, 0.4) is 0 Å². The van der Waals surface area contributed by atoms with Gasteiger partial charge in [-0.2, -0.15) is 18.3 Å². The number of benzene rings is 2. The number of rotatable bonds is 6. The maximum atomic E-state index is 14.2. The van der Waals surface area contributed by atoms with Gasteiger partial charge in [-0.15, -0.1) is 0 Å². The standard InChI is InChI=1S/C24H25FN6O.C2HF3O2/c1-3-15-5-7-20-17(11-15)19(13-29(20)2)23-27-28-24(32)31(23)22-14-30(10-4-9-26)21-8-6-16(25)12-18(21)22;3-2(4,5)1(6)7/h5-8,11-14H,3-4,9-10,26H2,1-2H3,(H,28,32);(H,6,7). The molecule has 0 aliphatic rings. The number of H-pyrrole nitrogens is 1. The maximum absolute atomic E-state index is 14.2. The molecule has 39 heavy (non-hydrogen) atoms. The molecule has 3 aromatic heterocycles. The van der Waals surface area contributed by atoms with E-state index < -0.39 is 12.1 Å². The first-order chi connectivity index (χ1) is 18.5. The second kappa shape index (κ2) is 10.8. The minimum Gasteiger partial charge on any atom is -0.475 e. The van der Waals surface area contributed by atoms with Crippen LogP contribution in [0.25, 0.3) is 38.9 Å². The van der Waals surface area contributed by atoms with Gasteiger partial charge in [-0.1, -0.05) is 13.0 Å². The van der Waals surface area contributed by atoms with E-state index in [1.807, 2.05) is 28.6 Å². The van der Waals surface area contributed by atoms with Crippen LogP contribution in [0.1, 0.15) is 18.9 Å². The average molecular weight is 547 g/mol. The summed E-state index contributed by atoms with van der Waals surface area (Å²) in [4.78, 5) is 21.8. The van der Waals surface area contributed by atoms with Crippen LogP contribution < -0.4 is 11.4 Å². The molecular formula is C26H26F4N6O3. The predicted molar refractivity (Wildman–Crippen MR) is 138 cm³/mol. The zero-order valence-corrected chi connectivity index (χ0v) is 21.1. The van der Waals surface area contributed by atoms with E-state index in [0.717, 1.165) is 34.8 Å². The summed E-state index contributed by atoms with van der Waals surface area (Å²) < 4.78 is 51.5. The summed E-state index contributed by atoms with van der Waals surface area (Å²) >= 11 is 0. The first-order valence-corrected chi connectivity index (χ1v) is 12.0. The first-order valence-electron chi connectivity index (χ1n) is 12.0. The molecule has 0 spiro atoms. The van der Waals surface area contributed by atoms with Gasteiger partial charge in [-0.25, -0.2) is 23.6 Å². The van der Waals surface area contributed by atoms with Crippen molar-refractivity contribution >= 4 is 27.8 Å². The molecule has 13 heteroatoms. The SMILES string of the molecule is CCc1ccc2c(c1)c(-c1n[nH]c(=O)n1-c1cn(CCCN)c3ccc(F)cc13)cn2C.O=C(O)C(F)(F)F. The Balaban J connectivity index is 0.000000448. The average Bonchev–Trinajstić information content (AvgIpc) is 3.54. The number of nitrogens with one attached hydrogen (secondary N) is 1. The van der Waals surface area contributed by atoms with Gasteiger partial charge < -0.3 is 20.0 Å². The van der Waals surface area contributed by atoms with Crippen molar-refractivity contribution in [2.45, 2.75) is 32.5 Å². The molecule has 3 heterocycles. The molecule has 0 saturated heterocycles. The lowest BCUT2D eigenvalue weighted by atomic mass is 10.1. The number of carbonyl (C=O) groups is 1. The molecule has 2 aromatic carbocycles. The van der Waals surface area contributed by atoms with Gasteiger partial charge in [0.05, 0.1) is 11.2 Å². The van der Waals surface area contributed by atoms with Crippen molar-refractivity contribution in [2.75, 3.05) is 6.54 Å². The number of hydrogen-bond acceptors (Lipinski definition) is 4. The molecule has 0 fully saturated rings. The van der Waals surface area contributed by atoms with Crippen LogP contribution in [0.2, 0.25) is 0 Å². The van der Waals surface area contributed by atoms with Gasteiger partial charge >= 0.3 is 17.8 Å². The van der Waals surface area contributed by atoms with Crippen LogP contribution in [-0.4, -0.2) is 47.7 Å². The summed E-state index contributed by atoms with van der Waals surface area (Å²) in [5.41, 5.74) is 9.87. The number of carboxylic acids is 1. The Bertz CT molecular complexity index is 1710. The molecule has 4 N–H and O–H groups in total. The number of aromatic nitrogens is 5. The number of aliphatic carboxylic acids is 1. The molecule has 0 aliphatic carbocycles. The Hall–Kier alpha value is -4.39. The Morgan fingerprint density at radius 1 is 1.10 bits per heavy atom. The zero-order valence-electron chi connectivity index (χ0n) is 21.1. The zero-order chi connectivity index (χ0) is 28.5. The Morgan fingerprint density at radius 3 is 2.44 bits per heavy atom. The molecule has 0 bridgehead atoms. The third-order valence-electron chi connectivity index (χ3n) is 6.28. The number of carboxylic acid groups (broad SMARTS) is 1. The van der Waals surface area contributed by atoms with E-state index in [1.165, 1.54) is 22.3 Å². The van der Waals surface area contributed by atoms with Gasteiger partial charge in [0.25, 0.3) is 0 Å². The van der Waals surface area contributed by atoms with Gasteiger partial charge in [0, 0.05) is 47.8 Å². The van der Waals surface area contributed by atoms with Crippen LogP contribution in [-0.2, 0) is 24.8 Å². The summed E-state index contributed by atoms with van der Waals surface area (Å²) in [6.07, 6.45) is 0.454. The van der Waals surface area contributed by atoms with E-state index >= 15 is 0 Å². The number of halogens is 4. The Kier molecular flexibility index (Phi) is 7.63. The quantitative estimate of drug-likeness (QED) is 0.273. The van der Waals surface area contributed by atoms with Gasteiger partial charge in [0.2, 0.25) is 0 Å². The molecule has 0 amide bonds. The smallest absolute Gasteiger partial charge is 0.475 e. The van der Waals surface area contributed by atoms with Crippen LogP contribution in [0.15, 0.2) is 53.6 Å². The van der Waals surface area contributed by atoms with Gasteiger partial charge in [-0.05, 0) is 55.3 Å². The lowest BCUT2D eigenvalue weighted by Gasteiger charge is -2.05. The van der Waals surface area contributed by atoms with E-state index in [0.29, 0.717) is 30.0 Å². The molecule has 206 valence electrons. The summed E-state index contributed by atoms with van der Waals surface area (Å²) in [5, 5.41) is 15.8. The van der Waals surface area contributed by atoms with Crippen LogP contribution in [0, 0.1) is 5.82 Å². The maximum Gasteiger partial charge on any atom is 0.490 e. The van der Waals surface area contributed by atoms with Gasteiger partial charge in [0.1, 0.15) is 5.82 Å². The fourth-order valence-corrected chi connectivity index (χ4v) is 4.41. The highest BCUT2D eigenvalue weighted by Crippen LogP contribution is 2.33. The third kappa shape index (κ3) is 5.43. The summed E-state index contributed by atoms with van der Waals surface area (Å²) in [6, 6.07) is 11.0. The van der Waals surface area contributed by atoms with Crippen molar-refractivity contribution in [1.29, 1.82) is 0 Å². The number of hydrogen-bond donors (Lipinski definition) is 3. The molecule has 5 rings (SSSR count). The number of fused-ring (bicyclic) bond motifs is 2. The van der Waals surface area contributed by atoms with Gasteiger partial charge in [-0.3, -0.25) is 0 Å².